The van der Waals surface area contributed by atoms with Crippen LogP contribution in [0.3, 0.4) is 0 Å². The molecule has 0 atom stereocenters. The monoisotopic (exact) mass is 293 g/mol. The third-order valence-electron chi connectivity index (χ3n) is 3.70. The third kappa shape index (κ3) is 3.11. The zero-order valence-corrected chi connectivity index (χ0v) is 12.4. The van der Waals surface area contributed by atoms with Gasteiger partial charge in [0.2, 0.25) is 0 Å². The number of nitrogens with zero attached hydrogens (tertiary/aromatic N) is 1. The Balaban J connectivity index is 1.59. The number of anilines is 1. The van der Waals surface area contributed by atoms with Crippen molar-refractivity contribution in [2.24, 2.45) is 0 Å². The Bertz CT molecular complexity index is 519. The molecule has 0 aliphatic carbocycles. The van der Waals surface area contributed by atoms with E-state index in [-0.39, 0.29) is 0 Å². The molecule has 0 radical (unpaired) electrons. The summed E-state index contributed by atoms with van der Waals surface area (Å²) in [5.74, 6) is 0. The van der Waals surface area contributed by atoms with Gasteiger partial charge in [-0.1, -0.05) is 23.7 Å². The maximum Gasteiger partial charge on any atom is 0.104 e. The molecule has 0 saturated carbocycles. The Hall–Kier alpha value is -1.03. The van der Waals surface area contributed by atoms with Crippen molar-refractivity contribution in [1.29, 1.82) is 0 Å². The van der Waals surface area contributed by atoms with E-state index in [9.17, 15) is 0 Å². The fraction of sp³-hybridized carbons (Fsp3) is 0.333. The van der Waals surface area contributed by atoms with Crippen molar-refractivity contribution in [1.82, 2.24) is 0 Å². The number of thiophene rings is 1. The number of hydrogen-bond donors (Lipinski definition) is 1. The molecule has 3 rings (SSSR count). The SMILES string of the molecule is Clc1ccccc1N1CC[NH+](Cc2ccsc2)CC1. The summed E-state index contributed by atoms with van der Waals surface area (Å²) >= 11 is 8.05. The van der Waals surface area contributed by atoms with Gasteiger partial charge >= 0.3 is 0 Å². The summed E-state index contributed by atoms with van der Waals surface area (Å²) in [4.78, 5) is 4.07. The number of quaternary nitrogens is 1. The van der Waals surface area contributed by atoms with Crippen molar-refractivity contribution >= 4 is 28.6 Å². The fourth-order valence-electron chi connectivity index (χ4n) is 2.63. The first kappa shape index (κ1) is 13.0. The minimum atomic E-state index is 0.865. The standard InChI is InChI=1S/C15H17ClN2S/c16-14-3-1-2-4-15(14)18-8-6-17(7-9-18)11-13-5-10-19-12-13/h1-5,10,12H,6-9,11H2/p+1. The lowest BCUT2D eigenvalue weighted by atomic mass is 10.2. The van der Waals surface area contributed by atoms with Gasteiger partial charge in [-0.3, -0.25) is 0 Å². The highest BCUT2D eigenvalue weighted by atomic mass is 35.5. The van der Waals surface area contributed by atoms with Crippen LogP contribution in [0, 0.1) is 0 Å². The average molecular weight is 294 g/mol. The summed E-state index contributed by atoms with van der Waals surface area (Å²) in [5, 5.41) is 5.28. The van der Waals surface area contributed by atoms with Gasteiger partial charge in [-0.05, 0) is 29.0 Å². The maximum atomic E-state index is 6.26. The number of nitrogens with one attached hydrogen (secondary N) is 1. The van der Waals surface area contributed by atoms with Crippen molar-refractivity contribution in [3.63, 3.8) is 0 Å². The van der Waals surface area contributed by atoms with Crippen LogP contribution in [0.4, 0.5) is 5.69 Å². The molecule has 0 amide bonds. The van der Waals surface area contributed by atoms with E-state index < -0.39 is 0 Å². The predicted molar refractivity (Wildman–Crippen MR) is 82.4 cm³/mol. The van der Waals surface area contributed by atoms with Crippen molar-refractivity contribution in [3.05, 3.63) is 51.7 Å². The van der Waals surface area contributed by atoms with E-state index in [1.165, 1.54) is 24.3 Å². The molecule has 1 aliphatic rings. The lowest BCUT2D eigenvalue weighted by Crippen LogP contribution is -3.13. The summed E-state index contributed by atoms with van der Waals surface area (Å²) < 4.78 is 0. The van der Waals surface area contributed by atoms with Crippen LogP contribution < -0.4 is 9.80 Å². The van der Waals surface area contributed by atoms with E-state index >= 15 is 0 Å². The average Bonchev–Trinajstić information content (AvgIpc) is 2.93. The number of rotatable bonds is 3. The highest BCUT2D eigenvalue weighted by molar-refractivity contribution is 7.07. The molecule has 1 aliphatic heterocycles. The second-order valence-corrected chi connectivity index (χ2v) is 6.18. The van der Waals surface area contributed by atoms with E-state index in [2.05, 4.69) is 33.9 Å². The topological polar surface area (TPSA) is 7.68 Å². The number of piperazine rings is 1. The van der Waals surface area contributed by atoms with Crippen LogP contribution in [0.15, 0.2) is 41.1 Å². The largest absolute Gasteiger partial charge is 0.359 e. The molecule has 1 aromatic carbocycles. The summed E-state index contributed by atoms with van der Waals surface area (Å²) in [6.45, 7) is 5.69. The van der Waals surface area contributed by atoms with Crippen LogP contribution in [0.1, 0.15) is 5.56 Å². The van der Waals surface area contributed by atoms with Crippen LogP contribution >= 0.6 is 22.9 Å². The van der Waals surface area contributed by atoms with E-state index in [0.29, 0.717) is 0 Å². The Morgan fingerprint density at radius 3 is 2.63 bits per heavy atom. The van der Waals surface area contributed by atoms with E-state index in [4.69, 9.17) is 11.6 Å². The zero-order valence-electron chi connectivity index (χ0n) is 10.8. The Labute approximate surface area is 123 Å². The van der Waals surface area contributed by atoms with Gasteiger partial charge < -0.3 is 9.80 Å². The molecule has 2 nitrogen and oxygen atoms in total. The Morgan fingerprint density at radius 1 is 1.16 bits per heavy atom. The summed E-state index contributed by atoms with van der Waals surface area (Å²) in [6, 6.07) is 10.4. The molecule has 0 spiro atoms. The lowest BCUT2D eigenvalue weighted by molar-refractivity contribution is -0.914. The first-order valence-corrected chi connectivity index (χ1v) is 7.99. The van der Waals surface area contributed by atoms with Gasteiger partial charge in [-0.2, -0.15) is 11.3 Å². The highest BCUT2D eigenvalue weighted by Gasteiger charge is 2.21. The fourth-order valence-corrected chi connectivity index (χ4v) is 3.55. The summed E-state index contributed by atoms with van der Waals surface area (Å²) in [7, 11) is 0. The quantitative estimate of drug-likeness (QED) is 0.912. The van der Waals surface area contributed by atoms with Gasteiger partial charge in [-0.25, -0.2) is 0 Å². The van der Waals surface area contributed by atoms with Crippen LogP contribution in [0.25, 0.3) is 0 Å². The number of para-hydroxylation sites is 1. The molecule has 1 saturated heterocycles. The second kappa shape index (κ2) is 5.95. The lowest BCUT2D eigenvalue weighted by Gasteiger charge is -2.34. The van der Waals surface area contributed by atoms with Gasteiger partial charge in [0.05, 0.1) is 36.9 Å². The summed E-state index contributed by atoms with van der Waals surface area (Å²) in [5.41, 5.74) is 2.64. The van der Waals surface area contributed by atoms with Crippen LogP contribution in [-0.4, -0.2) is 26.2 Å². The first-order valence-electron chi connectivity index (χ1n) is 6.67. The van der Waals surface area contributed by atoms with Crippen LogP contribution in [-0.2, 0) is 6.54 Å². The molecule has 1 aromatic heterocycles. The van der Waals surface area contributed by atoms with Gasteiger partial charge in [0.1, 0.15) is 6.54 Å². The molecule has 1 N–H and O–H groups in total. The predicted octanol–water partition coefficient (Wildman–Crippen LogP) is 2.31. The number of benzene rings is 1. The van der Waals surface area contributed by atoms with E-state index in [0.717, 1.165) is 24.7 Å². The smallest absolute Gasteiger partial charge is 0.104 e. The van der Waals surface area contributed by atoms with Gasteiger partial charge in [-0.15, -0.1) is 0 Å². The molecular formula is C15H18ClN2S+. The van der Waals surface area contributed by atoms with Crippen molar-refractivity contribution < 1.29 is 4.90 Å². The molecular weight excluding hydrogens is 276 g/mol. The summed E-state index contributed by atoms with van der Waals surface area (Å²) in [6.07, 6.45) is 0. The van der Waals surface area contributed by atoms with Crippen LogP contribution in [0.5, 0.6) is 0 Å². The third-order valence-corrected chi connectivity index (χ3v) is 4.75. The number of hydrogen-bond acceptors (Lipinski definition) is 2. The molecule has 19 heavy (non-hydrogen) atoms. The normalized spacial score (nSPS) is 16.8. The van der Waals surface area contributed by atoms with Gasteiger partial charge in [0.25, 0.3) is 0 Å². The van der Waals surface area contributed by atoms with Crippen LogP contribution in [0.2, 0.25) is 5.02 Å². The Morgan fingerprint density at radius 2 is 1.95 bits per heavy atom. The molecule has 0 bridgehead atoms. The van der Waals surface area contributed by atoms with Gasteiger partial charge in [0, 0.05) is 5.56 Å². The van der Waals surface area contributed by atoms with Gasteiger partial charge in [0.15, 0.2) is 0 Å². The highest BCUT2D eigenvalue weighted by Crippen LogP contribution is 2.24. The second-order valence-electron chi connectivity index (χ2n) is 5.00. The van der Waals surface area contributed by atoms with Crippen molar-refractivity contribution in [2.45, 2.75) is 6.54 Å². The molecule has 2 heterocycles. The van der Waals surface area contributed by atoms with E-state index in [1.54, 1.807) is 16.2 Å². The Kier molecular flexibility index (Phi) is 4.06. The maximum absolute atomic E-state index is 6.26. The molecule has 100 valence electrons. The minimum Gasteiger partial charge on any atom is -0.359 e. The minimum absolute atomic E-state index is 0.865. The molecule has 1 fully saturated rings. The van der Waals surface area contributed by atoms with Crippen molar-refractivity contribution in [2.75, 3.05) is 31.1 Å². The van der Waals surface area contributed by atoms with E-state index in [1.807, 2.05) is 12.1 Å². The molecule has 4 heteroatoms. The molecule has 0 unspecified atom stereocenters. The zero-order chi connectivity index (χ0) is 13.1. The first-order chi connectivity index (χ1) is 9.33. The number of halogens is 1. The molecule has 2 aromatic rings. The van der Waals surface area contributed by atoms with Crippen molar-refractivity contribution in [3.8, 4) is 0 Å².